The first-order valence-corrected chi connectivity index (χ1v) is 9.99. The first-order valence-electron chi connectivity index (χ1n) is 9.99. The fourth-order valence-corrected chi connectivity index (χ4v) is 3.33. The number of carbonyl (C=O) groups excluding carboxylic acids is 2. The van der Waals surface area contributed by atoms with Crippen LogP contribution in [0.2, 0.25) is 0 Å². The molecule has 8 nitrogen and oxygen atoms in total. The molecule has 1 aromatic carbocycles. The predicted octanol–water partition coefficient (Wildman–Crippen LogP) is 3.17. The van der Waals surface area contributed by atoms with Crippen molar-refractivity contribution >= 4 is 34.4 Å². The van der Waals surface area contributed by atoms with Gasteiger partial charge in [0.25, 0.3) is 5.91 Å². The van der Waals surface area contributed by atoms with E-state index in [4.69, 9.17) is 4.42 Å². The van der Waals surface area contributed by atoms with Crippen molar-refractivity contribution in [3.8, 4) is 0 Å². The van der Waals surface area contributed by atoms with Gasteiger partial charge in [-0.25, -0.2) is 9.97 Å². The second-order valence-corrected chi connectivity index (χ2v) is 8.33. The minimum Gasteiger partial charge on any atom is -0.449 e. The number of anilines is 2. The number of furan rings is 1. The first-order chi connectivity index (χ1) is 14.3. The fourth-order valence-electron chi connectivity index (χ4n) is 3.33. The van der Waals surface area contributed by atoms with Crippen molar-refractivity contribution in [3.05, 3.63) is 48.5 Å². The molecule has 1 saturated heterocycles. The molecule has 2 amide bonds. The van der Waals surface area contributed by atoms with Crippen LogP contribution < -0.4 is 10.2 Å². The van der Waals surface area contributed by atoms with Gasteiger partial charge in [-0.15, -0.1) is 0 Å². The topological polar surface area (TPSA) is 91.6 Å². The van der Waals surface area contributed by atoms with Crippen LogP contribution in [0.25, 0.3) is 11.0 Å². The Bertz CT molecular complexity index is 1060. The van der Waals surface area contributed by atoms with Crippen molar-refractivity contribution in [2.45, 2.75) is 20.8 Å². The van der Waals surface area contributed by atoms with Crippen LogP contribution in [0.3, 0.4) is 0 Å². The molecule has 1 aliphatic rings. The highest BCUT2D eigenvalue weighted by molar-refractivity contribution is 6.11. The normalized spacial score (nSPS) is 14.8. The molecule has 0 spiro atoms. The predicted molar refractivity (Wildman–Crippen MR) is 114 cm³/mol. The maximum atomic E-state index is 13.3. The maximum Gasteiger partial charge on any atom is 0.291 e. The summed E-state index contributed by atoms with van der Waals surface area (Å²) in [7, 11) is 0. The number of hydrogen-bond donors (Lipinski definition) is 1. The lowest BCUT2D eigenvalue weighted by atomic mass is 9.95. The van der Waals surface area contributed by atoms with Crippen LogP contribution in [0.15, 0.2) is 47.1 Å². The summed E-state index contributed by atoms with van der Waals surface area (Å²) in [5.41, 5.74) is 0.408. The number of aromatic nitrogens is 2. The summed E-state index contributed by atoms with van der Waals surface area (Å²) in [6.07, 6.45) is 3.41. The lowest BCUT2D eigenvalue weighted by Gasteiger charge is -2.34. The van der Waals surface area contributed by atoms with E-state index in [1.807, 2.05) is 43.9 Å². The molecule has 0 atom stereocenters. The van der Waals surface area contributed by atoms with Gasteiger partial charge in [-0.3, -0.25) is 9.59 Å². The van der Waals surface area contributed by atoms with Gasteiger partial charge in [-0.1, -0.05) is 32.9 Å². The molecule has 0 aliphatic carbocycles. The minimum absolute atomic E-state index is 0.165. The second-order valence-electron chi connectivity index (χ2n) is 8.33. The Labute approximate surface area is 174 Å². The highest BCUT2D eigenvalue weighted by atomic mass is 16.3. The number of hydrogen-bond acceptors (Lipinski definition) is 6. The van der Waals surface area contributed by atoms with Crippen molar-refractivity contribution in [3.63, 3.8) is 0 Å². The summed E-state index contributed by atoms with van der Waals surface area (Å²) < 4.78 is 5.90. The van der Waals surface area contributed by atoms with E-state index in [-0.39, 0.29) is 17.6 Å². The molecule has 3 aromatic rings. The van der Waals surface area contributed by atoms with Gasteiger partial charge in [0, 0.05) is 49.4 Å². The molecular weight excluding hydrogens is 382 g/mol. The molecule has 1 N–H and O–H groups in total. The van der Waals surface area contributed by atoms with Crippen LogP contribution in [-0.4, -0.2) is 52.9 Å². The SMILES string of the molecule is CC(C)(C)C(=O)Nc1c(C(=O)N2CCN(c3ncccn3)CC2)oc2ccccc12. The molecule has 2 aromatic heterocycles. The molecule has 0 unspecified atom stereocenters. The smallest absolute Gasteiger partial charge is 0.291 e. The van der Waals surface area contributed by atoms with Crippen molar-refractivity contribution in [1.82, 2.24) is 14.9 Å². The number of fused-ring (bicyclic) bond motifs is 1. The Morgan fingerprint density at radius 1 is 1.00 bits per heavy atom. The number of piperazine rings is 1. The van der Waals surface area contributed by atoms with Gasteiger partial charge >= 0.3 is 0 Å². The number of nitrogens with one attached hydrogen (secondary N) is 1. The van der Waals surface area contributed by atoms with Crippen molar-refractivity contribution in [2.24, 2.45) is 5.41 Å². The third-order valence-electron chi connectivity index (χ3n) is 5.11. The summed E-state index contributed by atoms with van der Waals surface area (Å²) in [6.45, 7) is 7.77. The van der Waals surface area contributed by atoms with E-state index < -0.39 is 5.41 Å². The molecule has 8 heteroatoms. The van der Waals surface area contributed by atoms with E-state index in [0.717, 1.165) is 5.39 Å². The molecule has 4 rings (SSSR count). The Morgan fingerprint density at radius 3 is 2.33 bits per heavy atom. The summed E-state index contributed by atoms with van der Waals surface area (Å²) >= 11 is 0. The molecule has 1 aliphatic heterocycles. The fraction of sp³-hybridized carbons (Fsp3) is 0.364. The summed E-state index contributed by atoms with van der Waals surface area (Å²) in [4.78, 5) is 38.3. The molecule has 1 fully saturated rings. The van der Waals surface area contributed by atoms with E-state index >= 15 is 0 Å². The van der Waals surface area contributed by atoms with Crippen LogP contribution >= 0.6 is 0 Å². The van der Waals surface area contributed by atoms with Crippen molar-refractivity contribution < 1.29 is 14.0 Å². The summed E-state index contributed by atoms with van der Waals surface area (Å²) in [6, 6.07) is 9.12. The van der Waals surface area contributed by atoms with Crippen LogP contribution in [0, 0.1) is 5.41 Å². The van der Waals surface area contributed by atoms with Gasteiger partial charge in [-0.2, -0.15) is 0 Å². The standard InChI is InChI=1S/C22H25N5O3/c1-22(2,3)20(29)25-17-15-7-4-5-8-16(15)30-18(17)19(28)26-11-13-27(14-12-26)21-23-9-6-10-24-21/h4-10H,11-14H2,1-3H3,(H,25,29). The van der Waals surface area contributed by atoms with Crippen LogP contribution in [-0.2, 0) is 4.79 Å². The Morgan fingerprint density at radius 2 is 1.67 bits per heavy atom. The maximum absolute atomic E-state index is 13.3. The second kappa shape index (κ2) is 7.78. The molecule has 3 heterocycles. The van der Waals surface area contributed by atoms with Gasteiger partial charge < -0.3 is 19.5 Å². The highest BCUT2D eigenvalue weighted by Gasteiger charge is 2.31. The van der Waals surface area contributed by atoms with E-state index in [1.54, 1.807) is 29.4 Å². The highest BCUT2D eigenvalue weighted by Crippen LogP contribution is 2.33. The molecule has 0 radical (unpaired) electrons. The zero-order valence-electron chi connectivity index (χ0n) is 17.4. The average molecular weight is 407 g/mol. The van der Waals surface area contributed by atoms with Gasteiger partial charge in [-0.05, 0) is 18.2 Å². The van der Waals surface area contributed by atoms with Crippen molar-refractivity contribution in [2.75, 3.05) is 36.4 Å². The van der Waals surface area contributed by atoms with Crippen LogP contribution in [0.5, 0.6) is 0 Å². The number of nitrogens with zero attached hydrogens (tertiary/aromatic N) is 4. The molecule has 0 saturated carbocycles. The van der Waals surface area contributed by atoms with E-state index in [9.17, 15) is 9.59 Å². The van der Waals surface area contributed by atoms with Crippen LogP contribution in [0.1, 0.15) is 31.3 Å². The Balaban J connectivity index is 1.58. The Kier molecular flexibility index (Phi) is 5.15. The third-order valence-corrected chi connectivity index (χ3v) is 5.11. The lowest BCUT2D eigenvalue weighted by molar-refractivity contribution is -0.123. The van der Waals surface area contributed by atoms with Crippen molar-refractivity contribution in [1.29, 1.82) is 0 Å². The monoisotopic (exact) mass is 407 g/mol. The number of rotatable bonds is 3. The molecule has 30 heavy (non-hydrogen) atoms. The summed E-state index contributed by atoms with van der Waals surface area (Å²) in [5.74, 6) is 0.419. The molecule has 0 bridgehead atoms. The quantitative estimate of drug-likeness (QED) is 0.717. The largest absolute Gasteiger partial charge is 0.449 e. The van der Waals surface area contributed by atoms with E-state index in [2.05, 4.69) is 15.3 Å². The lowest BCUT2D eigenvalue weighted by Crippen LogP contribution is -2.49. The van der Waals surface area contributed by atoms with Crippen LogP contribution in [0.4, 0.5) is 11.6 Å². The number of amides is 2. The van der Waals surface area contributed by atoms with Gasteiger partial charge in [0.15, 0.2) is 0 Å². The molecule has 156 valence electrons. The zero-order valence-corrected chi connectivity index (χ0v) is 17.4. The first kappa shape index (κ1) is 19.9. The van der Waals surface area contributed by atoms with Gasteiger partial charge in [0.2, 0.25) is 17.6 Å². The number of para-hydroxylation sites is 1. The summed E-state index contributed by atoms with van der Waals surface area (Å²) in [5, 5.41) is 3.63. The number of benzene rings is 1. The zero-order chi connectivity index (χ0) is 21.3. The van der Waals surface area contributed by atoms with Gasteiger partial charge in [0.05, 0.1) is 0 Å². The van der Waals surface area contributed by atoms with E-state index in [1.165, 1.54) is 0 Å². The number of carbonyl (C=O) groups is 2. The molecular formula is C22H25N5O3. The minimum atomic E-state index is -0.597. The third kappa shape index (κ3) is 3.85. The van der Waals surface area contributed by atoms with Gasteiger partial charge in [0.1, 0.15) is 11.3 Å². The van der Waals surface area contributed by atoms with E-state index in [0.29, 0.717) is 43.4 Å². The average Bonchev–Trinajstić information content (AvgIpc) is 3.12. The Hall–Kier alpha value is -3.42.